The third-order valence-electron chi connectivity index (χ3n) is 2.38. The number of hydrogen-bond acceptors (Lipinski definition) is 1. The van der Waals surface area contributed by atoms with Crippen molar-refractivity contribution in [2.45, 2.75) is 45.3 Å². The Balaban J connectivity index is 4.57. The number of nitrogens with zero attached hydrogens (tertiary/aromatic N) is 1. The van der Waals surface area contributed by atoms with Crippen molar-refractivity contribution < 1.29 is 18.0 Å². The Labute approximate surface area is 102 Å². The summed E-state index contributed by atoms with van der Waals surface area (Å²) in [6.45, 7) is 4.06. The molecule has 6 heteroatoms. The molecule has 0 atom stereocenters. The summed E-state index contributed by atoms with van der Waals surface area (Å²) < 4.78 is 36.4. The molecule has 0 saturated carbocycles. The molecule has 0 aliphatic rings. The molecule has 0 bridgehead atoms. The van der Waals surface area contributed by atoms with Gasteiger partial charge in [0.2, 0.25) is 5.91 Å². The second-order valence-corrected chi connectivity index (χ2v) is 4.33. The van der Waals surface area contributed by atoms with E-state index < -0.39 is 18.5 Å². The fraction of sp³-hybridized carbons (Fsp3) is 0.900. The van der Waals surface area contributed by atoms with E-state index >= 15 is 0 Å². The quantitative estimate of drug-likeness (QED) is 0.689. The van der Waals surface area contributed by atoms with E-state index in [0.29, 0.717) is 24.7 Å². The van der Waals surface area contributed by atoms with Gasteiger partial charge in [0, 0.05) is 17.9 Å². The Morgan fingerprint density at radius 3 is 2.12 bits per heavy atom. The lowest BCUT2D eigenvalue weighted by molar-refractivity contribution is -0.162. The van der Waals surface area contributed by atoms with Crippen molar-refractivity contribution in [1.82, 2.24) is 4.90 Å². The van der Waals surface area contributed by atoms with E-state index in [4.69, 9.17) is 0 Å². The van der Waals surface area contributed by atoms with Gasteiger partial charge in [0.25, 0.3) is 0 Å². The molecule has 0 unspecified atom stereocenters. The van der Waals surface area contributed by atoms with E-state index in [1.807, 2.05) is 13.8 Å². The molecular weight excluding hydrogens is 287 g/mol. The summed E-state index contributed by atoms with van der Waals surface area (Å²) in [4.78, 5) is 12.8. The van der Waals surface area contributed by atoms with E-state index in [1.165, 1.54) is 4.90 Å². The average Bonchev–Trinajstić information content (AvgIpc) is 2.15. The number of alkyl halides is 4. The molecule has 0 heterocycles. The van der Waals surface area contributed by atoms with E-state index in [0.717, 1.165) is 0 Å². The van der Waals surface area contributed by atoms with Crippen LogP contribution in [-0.2, 0) is 4.79 Å². The van der Waals surface area contributed by atoms with Gasteiger partial charge < -0.3 is 4.90 Å². The molecule has 0 saturated heterocycles. The minimum absolute atomic E-state index is 0.104. The summed E-state index contributed by atoms with van der Waals surface area (Å²) >= 11 is 3.15. The van der Waals surface area contributed by atoms with Gasteiger partial charge >= 0.3 is 6.18 Å². The summed E-state index contributed by atoms with van der Waals surface area (Å²) in [5.41, 5.74) is 0. The molecule has 96 valence electrons. The molecule has 0 rings (SSSR count). The number of hydrogen-bond donors (Lipinski definition) is 0. The van der Waals surface area contributed by atoms with Crippen LogP contribution in [0.3, 0.4) is 0 Å². The molecule has 0 spiro atoms. The zero-order valence-corrected chi connectivity index (χ0v) is 11.1. The van der Waals surface area contributed by atoms with E-state index in [9.17, 15) is 18.0 Å². The van der Waals surface area contributed by atoms with Gasteiger partial charge in [0.15, 0.2) is 0 Å². The van der Waals surface area contributed by atoms with Gasteiger partial charge in [-0.3, -0.25) is 4.79 Å². The number of amides is 1. The van der Waals surface area contributed by atoms with Crippen LogP contribution in [0.5, 0.6) is 0 Å². The maximum absolute atomic E-state index is 12.1. The standard InChI is InChI=1S/C10H17BrF3NO/c1-3-8(4-2)15(6-5-11)9(16)7-10(12,13)14/h8H,3-7H2,1-2H3. The van der Waals surface area contributed by atoms with Gasteiger partial charge in [-0.2, -0.15) is 13.2 Å². The van der Waals surface area contributed by atoms with Crippen LogP contribution in [0.2, 0.25) is 0 Å². The highest BCUT2D eigenvalue weighted by Gasteiger charge is 2.34. The maximum Gasteiger partial charge on any atom is 0.397 e. The summed E-state index contributed by atoms with van der Waals surface area (Å²) in [6.07, 6.45) is -4.44. The van der Waals surface area contributed by atoms with E-state index in [-0.39, 0.29) is 6.04 Å². The summed E-state index contributed by atoms with van der Waals surface area (Å²) in [6, 6.07) is -0.104. The normalized spacial score (nSPS) is 11.9. The van der Waals surface area contributed by atoms with Crippen molar-refractivity contribution >= 4 is 21.8 Å². The molecule has 0 aromatic heterocycles. The van der Waals surface area contributed by atoms with Crippen molar-refractivity contribution in [3.05, 3.63) is 0 Å². The van der Waals surface area contributed by atoms with Crippen molar-refractivity contribution in [3.63, 3.8) is 0 Å². The van der Waals surface area contributed by atoms with Crippen LogP contribution in [0, 0.1) is 0 Å². The van der Waals surface area contributed by atoms with Crippen LogP contribution in [0.4, 0.5) is 13.2 Å². The third kappa shape index (κ3) is 5.72. The Bertz CT molecular complexity index is 217. The molecular formula is C10H17BrF3NO. The molecule has 1 amide bonds. The molecule has 16 heavy (non-hydrogen) atoms. The molecule has 0 fully saturated rings. The van der Waals surface area contributed by atoms with Crippen LogP contribution in [0.15, 0.2) is 0 Å². The first-order chi connectivity index (χ1) is 7.35. The fourth-order valence-electron chi connectivity index (χ4n) is 1.60. The van der Waals surface area contributed by atoms with Gasteiger partial charge in [-0.05, 0) is 12.8 Å². The van der Waals surface area contributed by atoms with Crippen molar-refractivity contribution in [3.8, 4) is 0 Å². The number of halogens is 4. The molecule has 0 N–H and O–H groups in total. The van der Waals surface area contributed by atoms with Gasteiger partial charge in [-0.25, -0.2) is 0 Å². The van der Waals surface area contributed by atoms with Gasteiger partial charge in [-0.1, -0.05) is 29.8 Å². The van der Waals surface area contributed by atoms with E-state index in [1.54, 1.807) is 0 Å². The van der Waals surface area contributed by atoms with Crippen molar-refractivity contribution in [2.75, 3.05) is 11.9 Å². The number of carbonyl (C=O) groups excluding carboxylic acids is 1. The lowest BCUT2D eigenvalue weighted by Crippen LogP contribution is -2.42. The van der Waals surface area contributed by atoms with Crippen LogP contribution in [0.25, 0.3) is 0 Å². The monoisotopic (exact) mass is 303 g/mol. The summed E-state index contributed by atoms with van der Waals surface area (Å²) in [7, 11) is 0. The van der Waals surface area contributed by atoms with Crippen LogP contribution in [-0.4, -0.2) is 34.9 Å². The Morgan fingerprint density at radius 2 is 1.81 bits per heavy atom. The zero-order valence-electron chi connectivity index (χ0n) is 9.48. The third-order valence-corrected chi connectivity index (χ3v) is 2.74. The number of rotatable bonds is 6. The molecule has 0 radical (unpaired) electrons. The highest BCUT2D eigenvalue weighted by molar-refractivity contribution is 9.09. The van der Waals surface area contributed by atoms with Gasteiger partial charge in [0.1, 0.15) is 6.42 Å². The summed E-state index contributed by atoms with van der Waals surface area (Å²) in [5, 5.41) is 0.493. The zero-order chi connectivity index (χ0) is 12.8. The lowest BCUT2D eigenvalue weighted by atomic mass is 10.1. The Morgan fingerprint density at radius 1 is 1.31 bits per heavy atom. The maximum atomic E-state index is 12.1. The molecule has 0 aliphatic carbocycles. The van der Waals surface area contributed by atoms with Crippen molar-refractivity contribution in [1.29, 1.82) is 0 Å². The lowest BCUT2D eigenvalue weighted by Gasteiger charge is -2.30. The first-order valence-corrected chi connectivity index (χ1v) is 6.40. The minimum atomic E-state index is -4.42. The van der Waals surface area contributed by atoms with Crippen LogP contribution < -0.4 is 0 Å². The topological polar surface area (TPSA) is 20.3 Å². The average molecular weight is 304 g/mol. The van der Waals surface area contributed by atoms with Crippen molar-refractivity contribution in [2.24, 2.45) is 0 Å². The fourth-order valence-corrected chi connectivity index (χ4v) is 1.99. The van der Waals surface area contributed by atoms with Gasteiger partial charge in [-0.15, -0.1) is 0 Å². The van der Waals surface area contributed by atoms with Gasteiger partial charge in [0.05, 0.1) is 0 Å². The highest BCUT2D eigenvalue weighted by atomic mass is 79.9. The predicted octanol–water partition coefficient (Wildman–Crippen LogP) is 3.35. The second-order valence-electron chi connectivity index (χ2n) is 3.54. The second kappa shape index (κ2) is 7.14. The first-order valence-electron chi connectivity index (χ1n) is 5.27. The highest BCUT2D eigenvalue weighted by Crippen LogP contribution is 2.22. The molecule has 2 nitrogen and oxygen atoms in total. The molecule has 0 aromatic rings. The Kier molecular flexibility index (Phi) is 7.03. The molecule has 0 aliphatic heterocycles. The van der Waals surface area contributed by atoms with Crippen LogP contribution in [0.1, 0.15) is 33.1 Å². The molecule has 0 aromatic carbocycles. The number of carbonyl (C=O) groups is 1. The largest absolute Gasteiger partial charge is 0.397 e. The predicted molar refractivity (Wildman–Crippen MR) is 60.5 cm³/mol. The minimum Gasteiger partial charge on any atom is -0.339 e. The Hall–Kier alpha value is -0.260. The SMILES string of the molecule is CCC(CC)N(CCBr)C(=O)CC(F)(F)F. The smallest absolute Gasteiger partial charge is 0.339 e. The summed E-state index contributed by atoms with van der Waals surface area (Å²) in [5.74, 6) is -0.833. The van der Waals surface area contributed by atoms with E-state index in [2.05, 4.69) is 15.9 Å². The van der Waals surface area contributed by atoms with Crippen LogP contribution >= 0.6 is 15.9 Å². The first kappa shape index (κ1) is 15.7.